The first-order valence-corrected chi connectivity index (χ1v) is 8.22. The summed E-state index contributed by atoms with van der Waals surface area (Å²) in [5.41, 5.74) is 1.27. The zero-order chi connectivity index (χ0) is 15.4. The molecule has 2 aliphatic rings. The minimum Gasteiger partial charge on any atom is -0.373 e. The van der Waals surface area contributed by atoms with Crippen molar-refractivity contribution in [2.45, 2.75) is 37.5 Å². The monoisotopic (exact) mass is 307 g/mol. The van der Waals surface area contributed by atoms with Crippen molar-refractivity contribution in [3.05, 3.63) is 30.1 Å². The predicted octanol–water partition coefficient (Wildman–Crippen LogP) is 2.11. The van der Waals surface area contributed by atoms with Gasteiger partial charge in [-0.25, -0.2) is 4.39 Å². The fraction of sp³-hybridized carbons (Fsp3) is 0.706. The number of likely N-dealkylation sites (tertiary alicyclic amines) is 1. The number of likely N-dealkylation sites (N-methyl/N-ethyl adjacent to an activating group) is 1. The van der Waals surface area contributed by atoms with Gasteiger partial charge in [-0.2, -0.15) is 0 Å². The van der Waals surface area contributed by atoms with E-state index >= 15 is 0 Å². The van der Waals surface area contributed by atoms with E-state index in [0.717, 1.165) is 45.5 Å². The second-order valence-electron chi connectivity index (χ2n) is 6.66. The van der Waals surface area contributed by atoms with E-state index in [0.29, 0.717) is 12.6 Å². The summed E-state index contributed by atoms with van der Waals surface area (Å²) >= 11 is 0. The Morgan fingerprint density at radius 1 is 1.45 bits per heavy atom. The van der Waals surface area contributed by atoms with Crippen LogP contribution in [0.4, 0.5) is 4.39 Å². The smallest absolute Gasteiger partial charge is 0.102 e. The second kappa shape index (κ2) is 7.02. The largest absolute Gasteiger partial charge is 0.373 e. The highest BCUT2D eigenvalue weighted by Gasteiger charge is 2.43. The average Bonchev–Trinajstić information content (AvgIpc) is 2.95. The maximum Gasteiger partial charge on any atom is 0.102 e. The van der Waals surface area contributed by atoms with Gasteiger partial charge in [-0.1, -0.05) is 6.07 Å². The predicted molar refractivity (Wildman–Crippen MR) is 84.4 cm³/mol. The van der Waals surface area contributed by atoms with E-state index in [2.05, 4.69) is 27.9 Å². The van der Waals surface area contributed by atoms with Crippen molar-refractivity contribution in [1.29, 1.82) is 0 Å². The van der Waals surface area contributed by atoms with Gasteiger partial charge in [0.25, 0.3) is 0 Å². The molecule has 0 amide bonds. The van der Waals surface area contributed by atoms with Gasteiger partial charge in [-0.15, -0.1) is 0 Å². The number of ether oxygens (including phenoxy) is 1. The number of piperidine rings is 1. The summed E-state index contributed by atoms with van der Waals surface area (Å²) < 4.78 is 18.6. The molecule has 1 aromatic heterocycles. The Labute approximate surface area is 132 Å². The average molecular weight is 307 g/mol. The Kier molecular flexibility index (Phi) is 5.06. The molecule has 3 rings (SSSR count). The lowest BCUT2D eigenvalue weighted by molar-refractivity contribution is -0.0444. The highest BCUT2D eigenvalue weighted by Crippen LogP contribution is 2.37. The molecular weight excluding hydrogens is 281 g/mol. The van der Waals surface area contributed by atoms with Gasteiger partial charge >= 0.3 is 0 Å². The molecular formula is C17H26FN3O. The Morgan fingerprint density at radius 2 is 2.27 bits per heavy atom. The van der Waals surface area contributed by atoms with Crippen molar-refractivity contribution in [3.8, 4) is 0 Å². The van der Waals surface area contributed by atoms with Crippen LogP contribution in [-0.2, 0) is 11.3 Å². The van der Waals surface area contributed by atoms with E-state index < -0.39 is 0 Å². The molecule has 2 aliphatic heterocycles. The molecule has 0 bridgehead atoms. The number of alkyl halides is 1. The van der Waals surface area contributed by atoms with Crippen LogP contribution in [0.2, 0.25) is 0 Å². The molecule has 122 valence electrons. The first-order valence-electron chi connectivity index (χ1n) is 8.22. The maximum atomic E-state index is 12.4. The summed E-state index contributed by atoms with van der Waals surface area (Å²) in [7, 11) is 2.16. The summed E-state index contributed by atoms with van der Waals surface area (Å²) in [6, 6.07) is 4.56. The minimum absolute atomic E-state index is 0.0284. The fourth-order valence-corrected chi connectivity index (χ4v) is 3.66. The zero-order valence-corrected chi connectivity index (χ0v) is 13.4. The van der Waals surface area contributed by atoms with Crippen LogP contribution in [0.5, 0.6) is 0 Å². The van der Waals surface area contributed by atoms with Crippen LogP contribution in [0.3, 0.4) is 0 Å². The minimum atomic E-state index is -0.246. The quantitative estimate of drug-likeness (QED) is 0.833. The van der Waals surface area contributed by atoms with Crippen LogP contribution >= 0.6 is 0 Å². The number of hydrogen-bond donors (Lipinski definition) is 0. The SMILES string of the molecule is CN(Cc1cccnc1)[C@H]1COC2(CCN(CCF)CC2)C1. The molecule has 4 nitrogen and oxygen atoms in total. The molecule has 0 unspecified atom stereocenters. The number of halogens is 1. The molecule has 1 spiro atoms. The molecule has 0 N–H and O–H groups in total. The molecule has 22 heavy (non-hydrogen) atoms. The van der Waals surface area contributed by atoms with Gasteiger partial charge in [0.05, 0.1) is 12.2 Å². The third kappa shape index (κ3) is 3.65. The Morgan fingerprint density at radius 3 is 2.95 bits per heavy atom. The van der Waals surface area contributed by atoms with Crippen molar-refractivity contribution in [1.82, 2.24) is 14.8 Å². The maximum absolute atomic E-state index is 12.4. The van der Waals surface area contributed by atoms with Crippen LogP contribution in [0.15, 0.2) is 24.5 Å². The van der Waals surface area contributed by atoms with Gasteiger partial charge in [-0.3, -0.25) is 9.88 Å². The lowest BCUT2D eigenvalue weighted by atomic mass is 9.87. The Hall–Kier alpha value is -1.04. The highest BCUT2D eigenvalue weighted by atomic mass is 19.1. The van der Waals surface area contributed by atoms with Crippen LogP contribution in [0.25, 0.3) is 0 Å². The van der Waals surface area contributed by atoms with E-state index in [1.165, 1.54) is 5.56 Å². The van der Waals surface area contributed by atoms with Crippen molar-refractivity contribution >= 4 is 0 Å². The summed E-state index contributed by atoms with van der Waals surface area (Å²) in [4.78, 5) is 8.76. The molecule has 2 saturated heterocycles. The Balaban J connectivity index is 1.52. The zero-order valence-electron chi connectivity index (χ0n) is 13.4. The van der Waals surface area contributed by atoms with E-state index in [1.54, 1.807) is 0 Å². The molecule has 5 heteroatoms. The van der Waals surface area contributed by atoms with Crippen LogP contribution in [0.1, 0.15) is 24.8 Å². The number of pyridine rings is 1. The van der Waals surface area contributed by atoms with Crippen molar-refractivity contribution < 1.29 is 9.13 Å². The highest BCUT2D eigenvalue weighted by molar-refractivity contribution is 5.08. The van der Waals surface area contributed by atoms with E-state index in [4.69, 9.17) is 4.74 Å². The van der Waals surface area contributed by atoms with Crippen molar-refractivity contribution in [2.24, 2.45) is 0 Å². The molecule has 3 heterocycles. The topological polar surface area (TPSA) is 28.6 Å². The summed E-state index contributed by atoms with van der Waals surface area (Å²) in [6.07, 6.45) is 6.89. The van der Waals surface area contributed by atoms with Gasteiger partial charge in [0.1, 0.15) is 6.67 Å². The second-order valence-corrected chi connectivity index (χ2v) is 6.66. The van der Waals surface area contributed by atoms with Gasteiger partial charge in [0.2, 0.25) is 0 Å². The molecule has 0 radical (unpaired) electrons. The summed E-state index contributed by atoms with van der Waals surface area (Å²) in [6.45, 7) is 3.96. The summed E-state index contributed by atoms with van der Waals surface area (Å²) in [5.74, 6) is 0. The third-order valence-corrected chi connectivity index (χ3v) is 5.14. The first kappa shape index (κ1) is 15.8. The standard InChI is InChI=1S/C17H26FN3O/c1-20(13-15-3-2-7-19-12-15)16-11-17(22-14-16)4-8-21(9-5-17)10-6-18/h2-3,7,12,16H,4-6,8-11,13-14H2,1H3/t16-/m1/s1. The van der Waals surface area contributed by atoms with Crippen molar-refractivity contribution in [3.63, 3.8) is 0 Å². The first-order chi connectivity index (χ1) is 10.7. The van der Waals surface area contributed by atoms with Crippen LogP contribution in [0, 0.1) is 0 Å². The lowest BCUT2D eigenvalue weighted by Crippen LogP contribution is -2.45. The van der Waals surface area contributed by atoms with E-state index in [9.17, 15) is 4.39 Å². The molecule has 0 saturated carbocycles. The molecule has 1 aromatic rings. The number of hydrogen-bond acceptors (Lipinski definition) is 4. The summed E-state index contributed by atoms with van der Waals surface area (Å²) in [5, 5.41) is 0. The van der Waals surface area contributed by atoms with Gasteiger partial charge in [0.15, 0.2) is 0 Å². The Bertz CT molecular complexity index is 462. The van der Waals surface area contributed by atoms with Crippen LogP contribution < -0.4 is 0 Å². The lowest BCUT2D eigenvalue weighted by Gasteiger charge is -2.38. The molecule has 0 aliphatic carbocycles. The normalized spacial score (nSPS) is 25.1. The number of nitrogens with zero attached hydrogens (tertiary/aromatic N) is 3. The van der Waals surface area contributed by atoms with Gasteiger partial charge in [-0.05, 0) is 37.9 Å². The van der Waals surface area contributed by atoms with Crippen molar-refractivity contribution in [2.75, 3.05) is 40.0 Å². The third-order valence-electron chi connectivity index (χ3n) is 5.14. The fourth-order valence-electron chi connectivity index (χ4n) is 3.66. The van der Waals surface area contributed by atoms with E-state index in [1.807, 2.05) is 18.5 Å². The van der Waals surface area contributed by atoms with Crippen LogP contribution in [-0.4, -0.2) is 66.4 Å². The molecule has 0 aromatic carbocycles. The van der Waals surface area contributed by atoms with Gasteiger partial charge in [0, 0.05) is 44.6 Å². The number of rotatable bonds is 5. The molecule has 1 atom stereocenters. The molecule has 2 fully saturated rings. The van der Waals surface area contributed by atoms with Gasteiger partial charge < -0.3 is 9.64 Å². The van der Waals surface area contributed by atoms with E-state index in [-0.39, 0.29) is 12.3 Å². The number of aromatic nitrogens is 1.